The minimum atomic E-state index is -4.11. The molecular weight excluding hydrogens is 436 g/mol. The Bertz CT molecular complexity index is 1040. The Morgan fingerprint density at radius 1 is 1.27 bits per heavy atom. The Morgan fingerprint density at radius 3 is 2.57 bits per heavy atom. The molecule has 0 atom stereocenters. The zero-order valence-corrected chi connectivity index (χ0v) is 18.4. The van der Waals surface area contributed by atoms with Gasteiger partial charge in [0.25, 0.3) is 10.0 Å². The van der Waals surface area contributed by atoms with Crippen molar-refractivity contribution in [2.24, 2.45) is 0 Å². The maximum atomic E-state index is 12.5. The number of aryl methyl sites for hydroxylation is 1. The van der Waals surface area contributed by atoms with Gasteiger partial charge in [0.2, 0.25) is 0 Å². The van der Waals surface area contributed by atoms with Crippen molar-refractivity contribution in [2.75, 3.05) is 38.1 Å². The number of sulfonamides is 1. The van der Waals surface area contributed by atoms with E-state index in [2.05, 4.69) is 10.3 Å². The summed E-state index contributed by atoms with van der Waals surface area (Å²) >= 11 is 1.05. The zero-order chi connectivity index (χ0) is 22.5. The number of carboxylic acid groups (broad SMARTS) is 1. The third-order valence-corrected chi connectivity index (χ3v) is 7.02. The Balaban J connectivity index is 2.18. The molecule has 2 rings (SSSR count). The van der Waals surface area contributed by atoms with E-state index in [-0.39, 0.29) is 21.6 Å². The highest BCUT2D eigenvalue weighted by Gasteiger charge is 2.22. The van der Waals surface area contributed by atoms with Gasteiger partial charge in [-0.1, -0.05) is 0 Å². The summed E-state index contributed by atoms with van der Waals surface area (Å²) in [6.07, 6.45) is -0.714. The van der Waals surface area contributed by atoms with Crippen molar-refractivity contribution in [3.63, 3.8) is 0 Å². The van der Waals surface area contributed by atoms with E-state index >= 15 is 0 Å². The lowest BCUT2D eigenvalue weighted by Gasteiger charge is -2.15. The molecule has 2 heterocycles. The molecule has 0 aromatic carbocycles. The normalized spacial score (nSPS) is 11.1. The number of nitrogens with zero attached hydrogens (tertiary/aromatic N) is 2. The fraction of sp³-hybridized carbons (Fsp3) is 0.353. The summed E-state index contributed by atoms with van der Waals surface area (Å²) in [5, 5.41) is 11.4. The molecule has 3 N–H and O–H groups in total. The Labute approximate surface area is 177 Å². The Morgan fingerprint density at radius 2 is 1.97 bits per heavy atom. The second kappa shape index (κ2) is 9.73. The number of thiophene rings is 1. The number of amides is 3. The second-order valence-corrected chi connectivity index (χ2v) is 9.11. The first-order chi connectivity index (χ1) is 14.1. The summed E-state index contributed by atoms with van der Waals surface area (Å²) in [6, 6.07) is 3.10. The topological polar surface area (TPSA) is 147 Å². The van der Waals surface area contributed by atoms with Crippen LogP contribution in [0.2, 0.25) is 0 Å². The predicted octanol–water partition coefficient (Wildman–Crippen LogP) is 2.27. The van der Waals surface area contributed by atoms with Crippen LogP contribution in [0.1, 0.15) is 10.4 Å². The van der Waals surface area contributed by atoms with Gasteiger partial charge in [-0.25, -0.2) is 27.7 Å². The number of ether oxygens (including phenoxy) is 2. The molecule has 0 saturated heterocycles. The Hall–Kier alpha value is -2.90. The number of hydrogen-bond donors (Lipinski definition) is 3. The highest BCUT2D eigenvalue weighted by Crippen LogP contribution is 2.27. The van der Waals surface area contributed by atoms with Gasteiger partial charge in [0.05, 0.1) is 13.7 Å². The lowest BCUT2D eigenvalue weighted by atomic mass is 10.2. The lowest BCUT2D eigenvalue weighted by Crippen LogP contribution is -2.34. The van der Waals surface area contributed by atoms with Gasteiger partial charge in [0.15, 0.2) is 0 Å². The molecule has 164 valence electrons. The van der Waals surface area contributed by atoms with E-state index in [4.69, 9.17) is 14.6 Å². The number of carbonyl (C=O) groups is 2. The number of anilines is 2. The molecule has 13 heteroatoms. The minimum Gasteiger partial charge on any atom is -0.496 e. The van der Waals surface area contributed by atoms with Crippen molar-refractivity contribution in [3.8, 4) is 5.75 Å². The summed E-state index contributed by atoms with van der Waals surface area (Å²) < 4.78 is 37.1. The molecule has 2 aromatic rings. The zero-order valence-electron chi connectivity index (χ0n) is 16.8. The third-order valence-electron chi connectivity index (χ3n) is 3.92. The van der Waals surface area contributed by atoms with Crippen LogP contribution in [0.4, 0.5) is 21.2 Å². The molecule has 2 aromatic heterocycles. The van der Waals surface area contributed by atoms with Crippen LogP contribution in [0.15, 0.2) is 22.4 Å². The monoisotopic (exact) mass is 458 g/mol. The molecule has 0 unspecified atom stereocenters. The van der Waals surface area contributed by atoms with Gasteiger partial charge in [-0.2, -0.15) is 0 Å². The van der Waals surface area contributed by atoms with Gasteiger partial charge in [-0.3, -0.25) is 10.2 Å². The van der Waals surface area contributed by atoms with Crippen LogP contribution < -0.4 is 19.7 Å². The van der Waals surface area contributed by atoms with Crippen molar-refractivity contribution in [1.29, 1.82) is 0 Å². The molecule has 0 radical (unpaired) electrons. The molecule has 3 amide bonds. The van der Waals surface area contributed by atoms with Crippen LogP contribution >= 0.6 is 11.3 Å². The average molecular weight is 459 g/mol. The third kappa shape index (κ3) is 5.81. The first-order valence-corrected chi connectivity index (χ1v) is 10.8. The van der Waals surface area contributed by atoms with Gasteiger partial charge >= 0.3 is 12.1 Å². The second-order valence-electron chi connectivity index (χ2n) is 6.07. The summed E-state index contributed by atoms with van der Waals surface area (Å²) in [7, 11) is 0.0628. The minimum absolute atomic E-state index is 0.00819. The van der Waals surface area contributed by atoms with E-state index < -0.39 is 22.1 Å². The number of carbonyl (C=O) groups excluding carboxylic acids is 1. The number of pyridine rings is 1. The van der Waals surface area contributed by atoms with Crippen LogP contribution in [-0.4, -0.2) is 58.5 Å². The summed E-state index contributed by atoms with van der Waals surface area (Å²) in [5.74, 6) is 0.118. The molecular formula is C17H22N4O7S2. The maximum Gasteiger partial charge on any atom is 0.412 e. The highest BCUT2D eigenvalue weighted by atomic mass is 32.2. The van der Waals surface area contributed by atoms with Gasteiger partial charge in [0.1, 0.15) is 21.6 Å². The first kappa shape index (κ1) is 23.4. The summed E-state index contributed by atoms with van der Waals surface area (Å²) in [6.45, 7) is 2.23. The van der Waals surface area contributed by atoms with Gasteiger partial charge in [-0.05, 0) is 18.6 Å². The molecule has 0 bridgehead atoms. The van der Waals surface area contributed by atoms with E-state index in [0.29, 0.717) is 13.0 Å². The van der Waals surface area contributed by atoms with Gasteiger partial charge in [0, 0.05) is 37.6 Å². The molecule has 30 heavy (non-hydrogen) atoms. The van der Waals surface area contributed by atoms with Crippen molar-refractivity contribution in [2.45, 2.75) is 17.6 Å². The van der Waals surface area contributed by atoms with Crippen molar-refractivity contribution >= 4 is 45.1 Å². The molecule has 0 aliphatic rings. The standard InChI is InChI=1S/C17H22N4O7S2/c1-10-7-15(29-12(10)5-6-27-3)30(25,26)20-16(22)19-13-8-11(28-4)9-14(18-13)21(2)17(23)24/h7-9H,5-6H2,1-4H3,(H,23,24)(H2,18,19,20,22). The fourth-order valence-corrected chi connectivity index (χ4v) is 4.80. The quantitative estimate of drug-likeness (QED) is 0.546. The van der Waals surface area contributed by atoms with Crippen LogP contribution in [0.25, 0.3) is 0 Å². The van der Waals surface area contributed by atoms with E-state index in [1.807, 2.05) is 4.72 Å². The van der Waals surface area contributed by atoms with Crippen LogP contribution in [0, 0.1) is 6.92 Å². The number of urea groups is 1. The molecule has 0 fully saturated rings. The molecule has 0 aliphatic heterocycles. The predicted molar refractivity (Wildman–Crippen MR) is 111 cm³/mol. The highest BCUT2D eigenvalue weighted by molar-refractivity contribution is 7.92. The first-order valence-electron chi connectivity index (χ1n) is 8.52. The summed E-state index contributed by atoms with van der Waals surface area (Å²) in [4.78, 5) is 29.0. The van der Waals surface area contributed by atoms with Gasteiger partial charge in [-0.15, -0.1) is 11.3 Å². The molecule has 0 aliphatic carbocycles. The number of methoxy groups -OCH3 is 2. The number of nitrogens with one attached hydrogen (secondary N) is 2. The van der Waals surface area contributed by atoms with Crippen LogP contribution in [0.5, 0.6) is 5.75 Å². The molecule has 11 nitrogen and oxygen atoms in total. The number of rotatable bonds is 8. The lowest BCUT2D eigenvalue weighted by molar-refractivity contribution is 0.202. The van der Waals surface area contributed by atoms with E-state index in [1.165, 1.54) is 32.4 Å². The van der Waals surface area contributed by atoms with Gasteiger partial charge < -0.3 is 14.6 Å². The largest absolute Gasteiger partial charge is 0.496 e. The van der Waals surface area contributed by atoms with Crippen LogP contribution in [0.3, 0.4) is 0 Å². The fourth-order valence-electron chi connectivity index (χ4n) is 2.32. The number of hydrogen-bond acceptors (Lipinski definition) is 8. The average Bonchev–Trinajstić information content (AvgIpc) is 3.06. The SMILES string of the molecule is COCCc1sc(S(=O)(=O)NC(=O)Nc2cc(OC)cc(N(C)C(=O)O)n2)cc1C. The smallest absolute Gasteiger partial charge is 0.412 e. The molecule has 0 saturated carbocycles. The van der Waals surface area contributed by atoms with E-state index in [9.17, 15) is 18.0 Å². The maximum absolute atomic E-state index is 12.5. The molecule has 0 spiro atoms. The van der Waals surface area contributed by atoms with E-state index in [0.717, 1.165) is 26.7 Å². The van der Waals surface area contributed by atoms with E-state index in [1.54, 1.807) is 14.0 Å². The van der Waals surface area contributed by atoms with Crippen molar-refractivity contribution in [1.82, 2.24) is 9.71 Å². The van der Waals surface area contributed by atoms with Crippen LogP contribution in [-0.2, 0) is 21.2 Å². The number of aromatic nitrogens is 1. The summed E-state index contributed by atoms with van der Waals surface area (Å²) in [5.41, 5.74) is 0.786. The van der Waals surface area contributed by atoms with Crippen molar-refractivity contribution < 1.29 is 32.6 Å². The Kier molecular flexibility index (Phi) is 7.59. The van der Waals surface area contributed by atoms with Crippen molar-refractivity contribution in [3.05, 3.63) is 28.6 Å².